The number of para-hydroxylation sites is 2. The van der Waals surface area contributed by atoms with Crippen LogP contribution in [0.25, 0.3) is 21.8 Å². The maximum Gasteiger partial charge on any atom is 0.203 e. The Morgan fingerprint density at radius 2 is 1.50 bits per heavy atom. The molecule has 0 atom stereocenters. The quantitative estimate of drug-likeness (QED) is 0.448. The van der Waals surface area contributed by atoms with Gasteiger partial charge in [0.15, 0.2) is 5.78 Å². The monoisotopic (exact) mass is 400 g/mol. The van der Waals surface area contributed by atoms with E-state index in [0.29, 0.717) is 11.2 Å². The molecular weight excluding hydrogens is 372 g/mol. The number of carbonyl (C=O) groups is 1. The SMILES string of the molecule is CCN(CC)CCn1c(=N)n(CC(=O)c2ccc3ccccc3c2)c2ccccc21. The zero-order valence-corrected chi connectivity index (χ0v) is 17.6. The number of nitrogens with one attached hydrogen (secondary N) is 1. The van der Waals surface area contributed by atoms with E-state index in [1.165, 1.54) is 0 Å². The summed E-state index contributed by atoms with van der Waals surface area (Å²) in [5.74, 6) is 0.0194. The van der Waals surface area contributed by atoms with E-state index in [9.17, 15) is 4.79 Å². The van der Waals surface area contributed by atoms with Gasteiger partial charge >= 0.3 is 0 Å². The van der Waals surface area contributed by atoms with Crippen molar-refractivity contribution < 1.29 is 4.79 Å². The van der Waals surface area contributed by atoms with Crippen LogP contribution >= 0.6 is 0 Å². The average molecular weight is 401 g/mol. The second kappa shape index (κ2) is 8.67. The minimum Gasteiger partial charge on any atom is -0.309 e. The molecule has 0 spiro atoms. The largest absolute Gasteiger partial charge is 0.309 e. The van der Waals surface area contributed by atoms with E-state index in [-0.39, 0.29) is 12.3 Å². The van der Waals surface area contributed by atoms with Gasteiger partial charge in [0, 0.05) is 18.7 Å². The number of imidazole rings is 1. The molecule has 0 bridgehead atoms. The highest BCUT2D eigenvalue weighted by Gasteiger charge is 2.15. The van der Waals surface area contributed by atoms with Crippen molar-refractivity contribution in [1.82, 2.24) is 14.0 Å². The Morgan fingerprint density at radius 3 is 2.20 bits per heavy atom. The molecule has 0 fully saturated rings. The molecule has 0 saturated heterocycles. The predicted octanol–water partition coefficient (Wildman–Crippen LogP) is 4.30. The molecule has 0 unspecified atom stereocenters. The summed E-state index contributed by atoms with van der Waals surface area (Å²) in [6.45, 7) is 8.07. The molecule has 1 heterocycles. The van der Waals surface area contributed by atoms with Gasteiger partial charge < -0.3 is 14.0 Å². The standard InChI is InChI=1S/C25H28N4O/c1-3-27(4-2)15-16-28-22-11-7-8-12-23(22)29(25(28)26)18-24(30)21-14-13-19-9-5-6-10-20(19)17-21/h5-14,17,26H,3-4,15-16,18H2,1-2H3. The Hall–Kier alpha value is -3.18. The number of Topliss-reactive ketones (excluding diaryl/α,β-unsaturated/α-hetero) is 1. The Labute approximate surface area is 176 Å². The topological polar surface area (TPSA) is 54.0 Å². The van der Waals surface area contributed by atoms with E-state index >= 15 is 0 Å². The highest BCUT2D eigenvalue weighted by Crippen LogP contribution is 2.18. The highest BCUT2D eigenvalue weighted by molar-refractivity contribution is 6.00. The lowest BCUT2D eigenvalue weighted by molar-refractivity contribution is 0.0971. The van der Waals surface area contributed by atoms with Crippen molar-refractivity contribution in [2.45, 2.75) is 26.9 Å². The maximum atomic E-state index is 13.1. The molecule has 4 rings (SSSR count). The molecule has 3 aromatic carbocycles. The Balaban J connectivity index is 1.67. The smallest absolute Gasteiger partial charge is 0.203 e. The molecular formula is C25H28N4O. The van der Waals surface area contributed by atoms with Gasteiger partial charge in [-0.25, -0.2) is 0 Å². The van der Waals surface area contributed by atoms with Gasteiger partial charge in [-0.1, -0.05) is 62.4 Å². The van der Waals surface area contributed by atoms with Crippen molar-refractivity contribution in [3.05, 3.63) is 77.9 Å². The summed E-state index contributed by atoms with van der Waals surface area (Å²) in [6, 6.07) is 21.9. The molecule has 0 radical (unpaired) electrons. The van der Waals surface area contributed by atoms with Crippen LogP contribution in [0.1, 0.15) is 24.2 Å². The second-order valence-electron chi connectivity index (χ2n) is 7.56. The van der Waals surface area contributed by atoms with E-state index in [1.54, 1.807) is 0 Å². The number of likely N-dealkylation sites (N-methyl/N-ethyl adjacent to an activating group) is 1. The van der Waals surface area contributed by atoms with Crippen LogP contribution in [0.4, 0.5) is 0 Å². The minimum atomic E-state index is 0.0194. The van der Waals surface area contributed by atoms with Gasteiger partial charge in [0.1, 0.15) is 0 Å². The van der Waals surface area contributed by atoms with Gasteiger partial charge in [-0.05, 0) is 42.1 Å². The number of rotatable bonds is 8. The number of aromatic nitrogens is 2. The van der Waals surface area contributed by atoms with Crippen molar-refractivity contribution in [3.8, 4) is 0 Å². The normalized spacial score (nSPS) is 11.6. The molecule has 0 aliphatic heterocycles. The Morgan fingerprint density at radius 1 is 0.867 bits per heavy atom. The van der Waals surface area contributed by atoms with Crippen LogP contribution in [0.15, 0.2) is 66.7 Å². The van der Waals surface area contributed by atoms with E-state index in [4.69, 9.17) is 5.41 Å². The molecule has 4 aromatic rings. The summed E-state index contributed by atoms with van der Waals surface area (Å²) in [4.78, 5) is 15.4. The zero-order chi connectivity index (χ0) is 21.1. The molecule has 5 heteroatoms. The third-order valence-corrected chi connectivity index (χ3v) is 5.88. The van der Waals surface area contributed by atoms with Crippen molar-refractivity contribution in [2.24, 2.45) is 0 Å². The van der Waals surface area contributed by atoms with Crippen molar-refractivity contribution >= 4 is 27.6 Å². The van der Waals surface area contributed by atoms with Gasteiger partial charge in [-0.15, -0.1) is 0 Å². The highest BCUT2D eigenvalue weighted by atomic mass is 16.1. The Bertz CT molecular complexity index is 1250. The zero-order valence-electron chi connectivity index (χ0n) is 17.6. The number of hydrogen-bond donors (Lipinski definition) is 1. The van der Waals surface area contributed by atoms with Crippen LogP contribution in [0.5, 0.6) is 0 Å². The first-order chi connectivity index (χ1) is 14.6. The first-order valence-corrected chi connectivity index (χ1v) is 10.6. The number of benzene rings is 3. The summed E-state index contributed by atoms with van der Waals surface area (Å²) < 4.78 is 3.84. The first-order valence-electron chi connectivity index (χ1n) is 10.6. The van der Waals surface area contributed by atoms with E-state index in [2.05, 4.69) is 18.7 Å². The molecule has 154 valence electrons. The number of hydrogen-bond acceptors (Lipinski definition) is 3. The summed E-state index contributed by atoms with van der Waals surface area (Å²) in [5, 5.41) is 11.0. The average Bonchev–Trinajstić information content (AvgIpc) is 3.05. The van der Waals surface area contributed by atoms with Crippen LogP contribution < -0.4 is 5.62 Å². The van der Waals surface area contributed by atoms with Crippen LogP contribution in [0.3, 0.4) is 0 Å². The predicted molar refractivity (Wildman–Crippen MR) is 122 cm³/mol. The molecule has 30 heavy (non-hydrogen) atoms. The lowest BCUT2D eigenvalue weighted by Gasteiger charge is -2.18. The van der Waals surface area contributed by atoms with Crippen LogP contribution in [0, 0.1) is 5.41 Å². The van der Waals surface area contributed by atoms with Crippen molar-refractivity contribution in [1.29, 1.82) is 5.41 Å². The van der Waals surface area contributed by atoms with Gasteiger partial charge in [0.05, 0.1) is 17.6 Å². The summed E-state index contributed by atoms with van der Waals surface area (Å²) in [5.41, 5.74) is 2.98. The number of carbonyl (C=O) groups excluding carboxylic acids is 1. The van der Waals surface area contributed by atoms with E-state index in [1.807, 2.05) is 75.9 Å². The lowest BCUT2D eigenvalue weighted by Crippen LogP contribution is -2.32. The summed E-state index contributed by atoms with van der Waals surface area (Å²) in [6.07, 6.45) is 0. The van der Waals surface area contributed by atoms with E-state index in [0.717, 1.165) is 48.0 Å². The number of ketones is 1. The second-order valence-corrected chi connectivity index (χ2v) is 7.56. The molecule has 0 aliphatic rings. The first kappa shape index (κ1) is 20.1. The van der Waals surface area contributed by atoms with Gasteiger partial charge in [0.25, 0.3) is 0 Å². The number of nitrogens with zero attached hydrogens (tertiary/aromatic N) is 3. The molecule has 1 aromatic heterocycles. The summed E-state index contributed by atoms with van der Waals surface area (Å²) >= 11 is 0. The fourth-order valence-electron chi connectivity index (χ4n) is 4.06. The van der Waals surface area contributed by atoms with Gasteiger partial charge in [-0.3, -0.25) is 10.2 Å². The third kappa shape index (κ3) is 3.81. The fraction of sp³-hybridized carbons (Fsp3) is 0.280. The lowest BCUT2D eigenvalue weighted by atomic mass is 10.0. The molecule has 0 amide bonds. The minimum absolute atomic E-state index is 0.0194. The third-order valence-electron chi connectivity index (χ3n) is 5.88. The van der Waals surface area contributed by atoms with Crippen LogP contribution in [0.2, 0.25) is 0 Å². The van der Waals surface area contributed by atoms with Crippen molar-refractivity contribution in [3.63, 3.8) is 0 Å². The van der Waals surface area contributed by atoms with Crippen LogP contribution in [-0.4, -0.2) is 39.5 Å². The molecule has 0 saturated carbocycles. The van der Waals surface area contributed by atoms with Gasteiger partial charge in [0.2, 0.25) is 5.62 Å². The van der Waals surface area contributed by atoms with E-state index < -0.39 is 0 Å². The van der Waals surface area contributed by atoms with Gasteiger partial charge in [-0.2, -0.15) is 0 Å². The molecule has 0 aliphatic carbocycles. The maximum absolute atomic E-state index is 13.1. The summed E-state index contributed by atoms with van der Waals surface area (Å²) in [7, 11) is 0. The molecule has 1 N–H and O–H groups in total. The van der Waals surface area contributed by atoms with Crippen LogP contribution in [-0.2, 0) is 13.1 Å². The van der Waals surface area contributed by atoms with Crippen molar-refractivity contribution in [2.75, 3.05) is 19.6 Å². The number of fused-ring (bicyclic) bond motifs is 2. The molecule has 5 nitrogen and oxygen atoms in total. The Kier molecular flexibility index (Phi) is 5.81. The fourth-order valence-corrected chi connectivity index (χ4v) is 4.06.